The van der Waals surface area contributed by atoms with E-state index in [0.717, 1.165) is 76.0 Å². The van der Waals surface area contributed by atoms with E-state index in [1.807, 2.05) is 53.3 Å². The Morgan fingerprint density at radius 3 is 2.33 bits per heavy atom. The van der Waals surface area contributed by atoms with E-state index in [1.165, 1.54) is 0 Å². The Bertz CT molecular complexity index is 1820. The van der Waals surface area contributed by atoms with Crippen molar-refractivity contribution in [3.63, 3.8) is 0 Å². The molecule has 2 fully saturated rings. The molecule has 0 spiro atoms. The molecule has 1 saturated carbocycles. The second-order valence-electron chi connectivity index (χ2n) is 12.2. The minimum atomic E-state index is -1.08. The van der Waals surface area contributed by atoms with Gasteiger partial charge in [0.15, 0.2) is 0 Å². The Labute approximate surface area is 262 Å². The molecular weight excluding hydrogens is 565 g/mol. The molecule has 1 unspecified atom stereocenters. The first-order chi connectivity index (χ1) is 22.0. The lowest BCUT2D eigenvalue weighted by molar-refractivity contribution is -0.117. The second kappa shape index (κ2) is 12.4. The van der Waals surface area contributed by atoms with Crippen LogP contribution in [-0.2, 0) is 9.53 Å². The van der Waals surface area contributed by atoms with Crippen LogP contribution >= 0.6 is 0 Å². The number of pyridine rings is 1. The summed E-state index contributed by atoms with van der Waals surface area (Å²) < 4.78 is 21.8. The molecule has 1 saturated heterocycles. The van der Waals surface area contributed by atoms with Crippen LogP contribution in [0, 0.1) is 5.92 Å². The second-order valence-corrected chi connectivity index (χ2v) is 12.2. The van der Waals surface area contributed by atoms with Gasteiger partial charge < -0.3 is 10.1 Å². The number of alkyl halides is 1. The highest BCUT2D eigenvalue weighted by Crippen LogP contribution is 2.39. The number of anilines is 1. The van der Waals surface area contributed by atoms with E-state index in [1.54, 1.807) is 6.20 Å². The van der Waals surface area contributed by atoms with Gasteiger partial charge in [-0.25, -0.2) is 19.0 Å². The lowest BCUT2D eigenvalue weighted by Crippen LogP contribution is -2.21. The third kappa shape index (κ3) is 6.02. The molecule has 1 N–H and O–H groups in total. The number of hydrogen-bond donors (Lipinski definition) is 1. The number of fused-ring (bicyclic) bond motifs is 1. The highest BCUT2D eigenvalue weighted by molar-refractivity contribution is 6.15. The number of carbonyl (C=O) groups is 1. The van der Waals surface area contributed by atoms with Crippen LogP contribution in [0.2, 0.25) is 0 Å². The molecule has 5 aromatic rings. The summed E-state index contributed by atoms with van der Waals surface area (Å²) in [6, 6.07) is 26.3. The van der Waals surface area contributed by atoms with Crippen molar-refractivity contribution in [2.24, 2.45) is 10.9 Å². The Balaban J connectivity index is 1.41. The average molecular weight is 602 g/mol. The van der Waals surface area contributed by atoms with E-state index in [9.17, 15) is 9.18 Å². The van der Waals surface area contributed by atoms with E-state index in [-0.39, 0.29) is 24.5 Å². The van der Waals surface area contributed by atoms with Crippen LogP contribution in [-0.4, -0.2) is 39.2 Å². The number of aromatic nitrogens is 3. The summed E-state index contributed by atoms with van der Waals surface area (Å²) in [7, 11) is 0. The SMILES string of the molecule is CC(C)c1c(-c2cc(N=C(c3ccccc3)c3ccccc3)c3cnc(NC(=O)[C@@H]4C[C@@H]4F)cc3c2)cnn1C1CCCCO1. The van der Waals surface area contributed by atoms with Crippen LogP contribution in [0.1, 0.15) is 68.5 Å². The maximum Gasteiger partial charge on any atom is 0.231 e. The number of ether oxygens (including phenoxy) is 1. The maximum absolute atomic E-state index is 13.6. The zero-order valence-corrected chi connectivity index (χ0v) is 25.5. The summed E-state index contributed by atoms with van der Waals surface area (Å²) >= 11 is 0. The third-order valence-corrected chi connectivity index (χ3v) is 8.56. The van der Waals surface area contributed by atoms with E-state index in [4.69, 9.17) is 14.8 Å². The van der Waals surface area contributed by atoms with E-state index < -0.39 is 12.1 Å². The molecule has 3 heterocycles. The van der Waals surface area contributed by atoms with Crippen LogP contribution in [0.25, 0.3) is 21.9 Å². The Morgan fingerprint density at radius 2 is 1.71 bits per heavy atom. The van der Waals surface area contributed by atoms with Gasteiger partial charge >= 0.3 is 0 Å². The topological polar surface area (TPSA) is 81.4 Å². The number of benzene rings is 3. The molecule has 7 nitrogen and oxygen atoms in total. The number of nitrogens with zero attached hydrogens (tertiary/aromatic N) is 4. The number of aliphatic imine (C=N–C) groups is 1. The predicted octanol–water partition coefficient (Wildman–Crippen LogP) is 8.39. The fourth-order valence-corrected chi connectivity index (χ4v) is 6.13. The van der Waals surface area contributed by atoms with Gasteiger partial charge in [-0.2, -0.15) is 5.10 Å². The molecule has 8 heteroatoms. The molecular formula is C37H36FN5O2. The number of carbonyl (C=O) groups excluding carboxylic acids is 1. The molecule has 2 aromatic heterocycles. The van der Waals surface area contributed by atoms with Crippen LogP contribution in [0.5, 0.6) is 0 Å². The summed E-state index contributed by atoms with van der Waals surface area (Å²) in [5.74, 6) is -0.357. The molecule has 2 aliphatic rings. The van der Waals surface area contributed by atoms with Crippen molar-refractivity contribution in [3.05, 3.63) is 108 Å². The predicted molar refractivity (Wildman–Crippen MR) is 176 cm³/mol. The first-order valence-electron chi connectivity index (χ1n) is 15.7. The van der Waals surface area contributed by atoms with Crippen molar-refractivity contribution in [2.45, 2.75) is 57.8 Å². The first kappa shape index (κ1) is 29.0. The first-order valence-corrected chi connectivity index (χ1v) is 15.7. The van der Waals surface area contributed by atoms with Gasteiger partial charge in [0.1, 0.15) is 18.2 Å². The smallest absolute Gasteiger partial charge is 0.231 e. The highest BCUT2D eigenvalue weighted by Gasteiger charge is 2.43. The quantitative estimate of drug-likeness (QED) is 0.181. The van der Waals surface area contributed by atoms with Crippen LogP contribution in [0.15, 0.2) is 96.2 Å². The fraction of sp³-hybridized carbons (Fsp3) is 0.297. The van der Waals surface area contributed by atoms with Gasteiger partial charge in [-0.05, 0) is 60.7 Å². The Kier molecular flexibility index (Phi) is 7.98. The third-order valence-electron chi connectivity index (χ3n) is 8.56. The molecule has 45 heavy (non-hydrogen) atoms. The van der Waals surface area contributed by atoms with Crippen LogP contribution in [0.4, 0.5) is 15.9 Å². The lowest BCUT2D eigenvalue weighted by atomic mass is 9.96. The van der Waals surface area contributed by atoms with Gasteiger partial charge in [-0.3, -0.25) is 4.79 Å². The summed E-state index contributed by atoms with van der Waals surface area (Å²) in [5, 5.41) is 9.36. The number of rotatable bonds is 8. The molecule has 3 atom stereocenters. The van der Waals surface area contributed by atoms with Crippen LogP contribution in [0.3, 0.4) is 0 Å². The lowest BCUT2D eigenvalue weighted by Gasteiger charge is -2.26. The molecule has 228 valence electrons. The highest BCUT2D eigenvalue weighted by atomic mass is 19.1. The Hall–Kier alpha value is -4.69. The van der Waals surface area contributed by atoms with E-state index in [2.05, 4.69) is 60.5 Å². The van der Waals surface area contributed by atoms with Gasteiger partial charge in [-0.1, -0.05) is 74.5 Å². The molecule has 7 rings (SSSR count). The molecule has 3 aromatic carbocycles. The van der Waals surface area contributed by atoms with Gasteiger partial charge in [0.05, 0.1) is 29.2 Å². The van der Waals surface area contributed by atoms with Crippen molar-refractivity contribution in [1.29, 1.82) is 0 Å². The van der Waals surface area contributed by atoms with Gasteiger partial charge in [-0.15, -0.1) is 0 Å². The number of nitrogens with one attached hydrogen (secondary N) is 1. The van der Waals surface area contributed by atoms with Crippen molar-refractivity contribution in [1.82, 2.24) is 14.8 Å². The number of halogens is 1. The zero-order valence-electron chi connectivity index (χ0n) is 25.5. The molecule has 1 amide bonds. The average Bonchev–Trinajstić information content (AvgIpc) is 3.64. The molecule has 1 aliphatic carbocycles. The molecule has 0 bridgehead atoms. The fourth-order valence-electron chi connectivity index (χ4n) is 6.13. The normalized spacial score (nSPS) is 19.4. The van der Waals surface area contributed by atoms with Gasteiger partial charge in [0, 0.05) is 34.9 Å². The van der Waals surface area contributed by atoms with Crippen molar-refractivity contribution < 1.29 is 13.9 Å². The van der Waals surface area contributed by atoms with Gasteiger partial charge in [0.25, 0.3) is 0 Å². The largest absolute Gasteiger partial charge is 0.357 e. The maximum atomic E-state index is 13.6. The van der Waals surface area contributed by atoms with Crippen LogP contribution < -0.4 is 5.32 Å². The summed E-state index contributed by atoms with van der Waals surface area (Å²) in [5.41, 5.74) is 6.65. The summed E-state index contributed by atoms with van der Waals surface area (Å²) in [6.45, 7) is 5.09. The minimum Gasteiger partial charge on any atom is -0.357 e. The van der Waals surface area contributed by atoms with Crippen molar-refractivity contribution in [3.8, 4) is 11.1 Å². The molecule has 0 radical (unpaired) electrons. The van der Waals surface area contributed by atoms with Crippen molar-refractivity contribution >= 4 is 33.9 Å². The zero-order chi connectivity index (χ0) is 30.9. The minimum absolute atomic E-state index is 0.0848. The standard InChI is InChI=1S/C37H36FN5O2/c1-23(2)36-30(22-40-43(36)34-15-9-10-16-45-34)26-17-27-19-33(42-37(44)28-20-31(28)38)39-21-29(27)32(18-26)41-35(24-11-5-3-6-12-24)25-13-7-4-8-14-25/h3-8,11-14,17-19,21-23,28,31,34H,9-10,15-16,20H2,1-2H3,(H,39,42,44)/t28-,31+,34?/m1/s1. The van der Waals surface area contributed by atoms with Gasteiger partial charge in [0.2, 0.25) is 5.91 Å². The number of amides is 1. The van der Waals surface area contributed by atoms with E-state index >= 15 is 0 Å². The molecule has 1 aliphatic heterocycles. The monoisotopic (exact) mass is 601 g/mol. The Morgan fingerprint density at radius 1 is 1.00 bits per heavy atom. The summed E-state index contributed by atoms with van der Waals surface area (Å²) in [4.78, 5) is 22.4. The summed E-state index contributed by atoms with van der Waals surface area (Å²) in [6.07, 6.45) is 5.87. The van der Waals surface area contributed by atoms with E-state index in [0.29, 0.717) is 5.82 Å². The number of hydrogen-bond acceptors (Lipinski definition) is 5. The van der Waals surface area contributed by atoms with Crippen molar-refractivity contribution in [2.75, 3.05) is 11.9 Å².